The molecule has 0 atom stereocenters. The topological polar surface area (TPSA) is 26.0 Å². The van der Waals surface area contributed by atoms with Gasteiger partial charge in [0, 0.05) is 6.42 Å². The molecule has 8 heavy (non-hydrogen) atoms. The van der Waals surface area contributed by atoms with Crippen LogP contribution < -0.4 is 5.73 Å². The Kier molecular flexibility index (Phi) is 7.00. The molecule has 0 aromatic rings. The molecule has 0 heterocycles. The molecular weight excluding hydrogens is 166 g/mol. The van der Waals surface area contributed by atoms with Crippen molar-refractivity contribution < 1.29 is 0 Å². The van der Waals surface area contributed by atoms with Crippen LogP contribution in [0.4, 0.5) is 0 Å². The van der Waals surface area contributed by atoms with Crippen molar-refractivity contribution in [2.24, 2.45) is 5.73 Å². The molecule has 0 aliphatic carbocycles. The molecule has 0 amide bonds. The summed E-state index contributed by atoms with van der Waals surface area (Å²) >= 11 is 3.20. The Morgan fingerprint density at radius 2 is 2.12 bits per heavy atom. The molecule has 0 saturated carbocycles. The average Bonchev–Trinajstić information content (AvgIpc) is 1.81. The number of nitrogens with two attached hydrogens (primary N) is 1. The second-order valence-electron chi connectivity index (χ2n) is 1.38. The molecule has 0 aromatic carbocycles. The highest BCUT2D eigenvalue weighted by Gasteiger charge is 1.73. The van der Waals surface area contributed by atoms with Crippen molar-refractivity contribution in [2.75, 3.05) is 11.9 Å². The first-order chi connectivity index (χ1) is 3.91. The van der Waals surface area contributed by atoms with Crippen molar-refractivity contribution >= 4 is 15.9 Å². The van der Waals surface area contributed by atoms with E-state index in [-0.39, 0.29) is 0 Å². The lowest BCUT2D eigenvalue weighted by Gasteiger charge is -1.82. The minimum Gasteiger partial charge on any atom is -0.330 e. The second-order valence-corrected chi connectivity index (χ2v) is 1.94. The van der Waals surface area contributed by atoms with E-state index in [1.54, 1.807) is 0 Å². The van der Waals surface area contributed by atoms with Crippen LogP contribution in [0.1, 0.15) is 12.8 Å². The molecule has 0 bridgehead atoms. The van der Waals surface area contributed by atoms with Gasteiger partial charge in [0.2, 0.25) is 0 Å². The molecule has 0 spiro atoms. The summed E-state index contributed by atoms with van der Waals surface area (Å²) in [6.07, 6.45) is 1.95. The number of rotatable bonds is 2. The molecule has 0 fully saturated rings. The van der Waals surface area contributed by atoms with Crippen molar-refractivity contribution in [3.63, 3.8) is 0 Å². The maximum atomic E-state index is 5.23. The molecule has 0 rings (SSSR count). The van der Waals surface area contributed by atoms with Crippen LogP contribution in [-0.4, -0.2) is 11.9 Å². The highest BCUT2D eigenvalue weighted by atomic mass is 79.9. The van der Waals surface area contributed by atoms with Gasteiger partial charge in [0.15, 0.2) is 0 Å². The fraction of sp³-hybridized carbons (Fsp3) is 0.667. The number of unbranched alkanes of at least 4 members (excludes halogenated alkanes) is 1. The third-order valence-electron chi connectivity index (χ3n) is 0.698. The van der Waals surface area contributed by atoms with E-state index in [9.17, 15) is 0 Å². The maximum Gasteiger partial charge on any atom is 0.0645 e. The van der Waals surface area contributed by atoms with Gasteiger partial charge >= 0.3 is 0 Å². The first-order valence-corrected chi connectivity index (χ1v) is 3.75. The summed E-state index contributed by atoms with van der Waals surface area (Å²) in [4.78, 5) is 0. The minimum absolute atomic E-state index is 0.747. The van der Waals surface area contributed by atoms with Gasteiger partial charge in [0.1, 0.15) is 0 Å². The Hall–Kier alpha value is 0. The Morgan fingerprint density at radius 3 is 2.62 bits per heavy atom. The summed E-state index contributed by atoms with van der Waals surface area (Å²) in [6.45, 7) is 0.747. The lowest BCUT2D eigenvalue weighted by molar-refractivity contribution is 0.870. The lowest BCUT2D eigenvalue weighted by atomic mass is 10.3. The number of halogens is 1. The van der Waals surface area contributed by atoms with Crippen LogP contribution in [0.3, 0.4) is 0 Å². The third kappa shape index (κ3) is 6.00. The zero-order chi connectivity index (χ0) is 6.24. The van der Waals surface area contributed by atoms with Crippen LogP contribution >= 0.6 is 15.9 Å². The van der Waals surface area contributed by atoms with E-state index in [2.05, 4.69) is 27.8 Å². The first kappa shape index (κ1) is 8.00. The van der Waals surface area contributed by atoms with Crippen molar-refractivity contribution in [3.05, 3.63) is 0 Å². The van der Waals surface area contributed by atoms with Crippen LogP contribution in [0.5, 0.6) is 0 Å². The standard InChI is InChI=1S/C6H10BrN/c7-5-3-1-2-4-6-8/h2,4-6,8H2. The zero-order valence-corrected chi connectivity index (χ0v) is 6.37. The highest BCUT2D eigenvalue weighted by molar-refractivity contribution is 9.09. The van der Waals surface area contributed by atoms with Gasteiger partial charge in [0.25, 0.3) is 0 Å². The monoisotopic (exact) mass is 175 g/mol. The Labute approximate surface area is 58.8 Å². The van der Waals surface area contributed by atoms with Crippen LogP contribution in [0.15, 0.2) is 0 Å². The lowest BCUT2D eigenvalue weighted by Crippen LogP contribution is -1.96. The molecule has 2 heteroatoms. The summed E-state index contributed by atoms with van der Waals surface area (Å²) in [7, 11) is 0. The van der Waals surface area contributed by atoms with Gasteiger partial charge in [0.05, 0.1) is 5.33 Å². The summed E-state index contributed by atoms with van der Waals surface area (Å²) in [5.74, 6) is 5.85. The SMILES string of the molecule is NCCCC#CCBr. The Balaban J connectivity index is 2.90. The van der Waals surface area contributed by atoms with Gasteiger partial charge in [-0.25, -0.2) is 0 Å². The van der Waals surface area contributed by atoms with Gasteiger partial charge in [-0.05, 0) is 13.0 Å². The molecule has 0 aliphatic heterocycles. The maximum absolute atomic E-state index is 5.23. The summed E-state index contributed by atoms with van der Waals surface area (Å²) in [5.41, 5.74) is 5.23. The molecule has 0 aromatic heterocycles. The van der Waals surface area contributed by atoms with Crippen molar-refractivity contribution in [3.8, 4) is 11.8 Å². The van der Waals surface area contributed by atoms with Gasteiger partial charge in [-0.15, -0.1) is 5.92 Å². The first-order valence-electron chi connectivity index (χ1n) is 2.63. The van der Waals surface area contributed by atoms with E-state index in [1.807, 2.05) is 0 Å². The number of hydrogen-bond donors (Lipinski definition) is 1. The fourth-order valence-electron chi connectivity index (χ4n) is 0.326. The largest absolute Gasteiger partial charge is 0.330 e. The summed E-state index contributed by atoms with van der Waals surface area (Å²) in [5, 5.41) is 0.775. The predicted molar refractivity (Wildman–Crippen MR) is 39.9 cm³/mol. The molecule has 1 nitrogen and oxygen atoms in total. The molecule has 0 radical (unpaired) electrons. The zero-order valence-electron chi connectivity index (χ0n) is 4.78. The highest BCUT2D eigenvalue weighted by Crippen LogP contribution is 1.81. The second kappa shape index (κ2) is 7.00. The normalized spacial score (nSPS) is 7.75. The number of hydrogen-bond acceptors (Lipinski definition) is 1. The molecule has 2 N–H and O–H groups in total. The predicted octanol–water partition coefficient (Wildman–Crippen LogP) is 1.12. The smallest absolute Gasteiger partial charge is 0.0645 e. The Morgan fingerprint density at radius 1 is 1.38 bits per heavy atom. The van der Waals surface area contributed by atoms with Gasteiger partial charge in [-0.2, -0.15) is 0 Å². The average molecular weight is 176 g/mol. The van der Waals surface area contributed by atoms with Gasteiger partial charge in [-0.3, -0.25) is 0 Å². The minimum atomic E-state index is 0.747. The third-order valence-corrected chi connectivity index (χ3v) is 0.978. The van der Waals surface area contributed by atoms with E-state index < -0.39 is 0 Å². The quantitative estimate of drug-likeness (QED) is 0.381. The van der Waals surface area contributed by atoms with Crippen LogP contribution in [-0.2, 0) is 0 Å². The molecular formula is C6H10BrN. The molecule has 0 unspecified atom stereocenters. The number of alkyl halides is 1. The molecule has 0 saturated heterocycles. The summed E-state index contributed by atoms with van der Waals surface area (Å²) < 4.78 is 0. The molecule has 46 valence electrons. The van der Waals surface area contributed by atoms with Crippen LogP contribution in [0.25, 0.3) is 0 Å². The summed E-state index contributed by atoms with van der Waals surface area (Å²) in [6, 6.07) is 0. The van der Waals surface area contributed by atoms with Gasteiger partial charge in [-0.1, -0.05) is 21.9 Å². The van der Waals surface area contributed by atoms with E-state index in [0.29, 0.717) is 0 Å². The van der Waals surface area contributed by atoms with Crippen LogP contribution in [0.2, 0.25) is 0 Å². The molecule has 0 aliphatic rings. The van der Waals surface area contributed by atoms with Crippen LogP contribution in [0, 0.1) is 11.8 Å². The van der Waals surface area contributed by atoms with E-state index in [4.69, 9.17) is 5.73 Å². The van der Waals surface area contributed by atoms with Crippen molar-refractivity contribution in [1.82, 2.24) is 0 Å². The van der Waals surface area contributed by atoms with Gasteiger partial charge < -0.3 is 5.73 Å². The van der Waals surface area contributed by atoms with Crippen molar-refractivity contribution in [2.45, 2.75) is 12.8 Å². The van der Waals surface area contributed by atoms with Crippen molar-refractivity contribution in [1.29, 1.82) is 0 Å². The van der Waals surface area contributed by atoms with E-state index in [1.165, 1.54) is 0 Å². The fourth-order valence-corrected chi connectivity index (χ4v) is 0.524. The van der Waals surface area contributed by atoms with E-state index in [0.717, 1.165) is 24.7 Å². The van der Waals surface area contributed by atoms with E-state index >= 15 is 0 Å². The Bertz CT molecular complexity index is 90.4.